The summed E-state index contributed by atoms with van der Waals surface area (Å²) in [4.78, 5) is 26.7. The summed E-state index contributed by atoms with van der Waals surface area (Å²) in [7, 11) is 0. The average molecular weight is 435 g/mol. The molecule has 0 spiro atoms. The van der Waals surface area contributed by atoms with E-state index in [2.05, 4.69) is 24.0 Å². The number of thioether (sulfide) groups is 1. The van der Waals surface area contributed by atoms with Crippen LogP contribution in [0.1, 0.15) is 40.5 Å². The number of amides is 1. The Hall–Kier alpha value is -2.29. The maximum Gasteiger partial charge on any atom is 0.309 e. The Kier molecular flexibility index (Phi) is 7.58. The molecule has 0 saturated carbocycles. The fourth-order valence-electron chi connectivity index (χ4n) is 3.56. The highest BCUT2D eigenvalue weighted by Crippen LogP contribution is 2.29. The van der Waals surface area contributed by atoms with Crippen LogP contribution in [0.4, 0.5) is 0 Å². The maximum atomic E-state index is 13.0. The van der Waals surface area contributed by atoms with Crippen LogP contribution in [0.2, 0.25) is 0 Å². The van der Waals surface area contributed by atoms with Crippen molar-refractivity contribution in [3.8, 4) is 11.6 Å². The van der Waals surface area contributed by atoms with E-state index in [4.69, 9.17) is 9.15 Å². The van der Waals surface area contributed by atoms with E-state index in [1.165, 1.54) is 11.8 Å². The van der Waals surface area contributed by atoms with Crippen molar-refractivity contribution >= 4 is 23.6 Å². The normalized spacial score (nSPS) is 16.1. The number of carbonyl (C=O) groups excluding carboxylic acids is 2. The van der Waals surface area contributed by atoms with Crippen LogP contribution in [0.15, 0.2) is 28.0 Å². The lowest BCUT2D eigenvalue weighted by Crippen LogP contribution is -2.43. The lowest BCUT2D eigenvalue weighted by atomic mass is 9.97. The van der Waals surface area contributed by atoms with Crippen molar-refractivity contribution in [3.63, 3.8) is 0 Å². The first kappa shape index (κ1) is 22.4. The van der Waals surface area contributed by atoms with Crippen molar-refractivity contribution in [1.29, 1.82) is 0 Å². The minimum absolute atomic E-state index is 0.0564. The number of furan rings is 1. The second kappa shape index (κ2) is 10.1. The van der Waals surface area contributed by atoms with Crippen LogP contribution < -0.4 is 0 Å². The molecule has 0 radical (unpaired) electrons. The van der Waals surface area contributed by atoms with Crippen LogP contribution in [0.3, 0.4) is 0 Å². The number of aromatic nitrogens is 3. The van der Waals surface area contributed by atoms with Crippen molar-refractivity contribution in [1.82, 2.24) is 19.7 Å². The molecule has 164 valence electrons. The van der Waals surface area contributed by atoms with Crippen molar-refractivity contribution < 1.29 is 18.7 Å². The van der Waals surface area contributed by atoms with Crippen molar-refractivity contribution in [2.45, 2.75) is 57.5 Å². The monoisotopic (exact) mass is 434 g/mol. The Bertz CT molecular complexity index is 841. The Morgan fingerprint density at radius 2 is 2.00 bits per heavy atom. The number of ether oxygens (including phenoxy) is 1. The molecule has 3 rings (SSSR count). The fraction of sp³-hybridized carbons (Fsp3) is 0.619. The van der Waals surface area contributed by atoms with Crippen LogP contribution in [-0.4, -0.2) is 56.5 Å². The van der Waals surface area contributed by atoms with Crippen LogP contribution in [0.25, 0.3) is 11.6 Å². The van der Waals surface area contributed by atoms with Crippen LogP contribution in [0.5, 0.6) is 0 Å². The molecule has 8 nitrogen and oxygen atoms in total. The predicted molar refractivity (Wildman–Crippen MR) is 114 cm³/mol. The van der Waals surface area contributed by atoms with E-state index in [0.717, 1.165) is 6.54 Å². The van der Waals surface area contributed by atoms with E-state index in [-0.39, 0.29) is 23.0 Å². The number of hydrogen-bond donors (Lipinski definition) is 0. The summed E-state index contributed by atoms with van der Waals surface area (Å²) in [6.45, 7) is 10.2. The molecule has 1 atom stereocenters. The third-order valence-corrected chi connectivity index (χ3v) is 6.13. The topological polar surface area (TPSA) is 90.5 Å². The zero-order chi connectivity index (χ0) is 21.7. The second-order valence-corrected chi connectivity index (χ2v) is 9.21. The highest BCUT2D eigenvalue weighted by Gasteiger charge is 2.31. The minimum atomic E-state index is -0.302. The first-order chi connectivity index (χ1) is 14.4. The molecule has 0 aliphatic carbocycles. The molecule has 1 unspecified atom stereocenters. The molecule has 1 saturated heterocycles. The summed E-state index contributed by atoms with van der Waals surface area (Å²) in [5.41, 5.74) is 0. The second-order valence-electron chi connectivity index (χ2n) is 7.90. The molecule has 9 heteroatoms. The van der Waals surface area contributed by atoms with Gasteiger partial charge in [-0.25, -0.2) is 0 Å². The average Bonchev–Trinajstić information content (AvgIpc) is 3.38. The molecule has 2 aromatic heterocycles. The largest absolute Gasteiger partial charge is 0.466 e. The molecule has 0 N–H and O–H groups in total. The minimum Gasteiger partial charge on any atom is -0.466 e. The molecule has 0 bridgehead atoms. The SMILES string of the molecule is CCOC(=O)C1CCN(C(=O)C(C)Sc2nnc(-c3ccco3)n2CC(C)C)CC1. The third kappa shape index (κ3) is 5.24. The lowest BCUT2D eigenvalue weighted by molar-refractivity contribution is -0.151. The van der Waals surface area contributed by atoms with Gasteiger partial charge in [-0.15, -0.1) is 10.2 Å². The molecule has 1 aliphatic rings. The summed E-state index contributed by atoms with van der Waals surface area (Å²) in [5.74, 6) is 1.52. The van der Waals surface area contributed by atoms with E-state index >= 15 is 0 Å². The van der Waals surface area contributed by atoms with E-state index in [1.807, 2.05) is 35.4 Å². The van der Waals surface area contributed by atoms with Gasteiger partial charge in [-0.05, 0) is 44.7 Å². The predicted octanol–water partition coefficient (Wildman–Crippen LogP) is 3.48. The van der Waals surface area contributed by atoms with Gasteiger partial charge in [0.1, 0.15) is 0 Å². The molecule has 30 heavy (non-hydrogen) atoms. The highest BCUT2D eigenvalue weighted by atomic mass is 32.2. The van der Waals surface area contributed by atoms with E-state index in [0.29, 0.717) is 55.2 Å². The number of piperidine rings is 1. The zero-order valence-corrected chi connectivity index (χ0v) is 18.9. The summed E-state index contributed by atoms with van der Waals surface area (Å²) >= 11 is 1.41. The number of rotatable bonds is 8. The molecular weight excluding hydrogens is 404 g/mol. The number of likely N-dealkylation sites (tertiary alicyclic amines) is 1. The van der Waals surface area contributed by atoms with Gasteiger partial charge in [0.15, 0.2) is 16.7 Å². The van der Waals surface area contributed by atoms with Crippen LogP contribution in [0, 0.1) is 11.8 Å². The van der Waals surface area contributed by atoms with Crippen molar-refractivity contribution in [2.75, 3.05) is 19.7 Å². The first-order valence-electron chi connectivity index (χ1n) is 10.5. The van der Waals surface area contributed by atoms with Gasteiger partial charge in [0.2, 0.25) is 5.91 Å². The van der Waals surface area contributed by atoms with Gasteiger partial charge in [-0.1, -0.05) is 25.6 Å². The Morgan fingerprint density at radius 3 is 2.60 bits per heavy atom. The summed E-state index contributed by atoms with van der Waals surface area (Å²) in [6, 6.07) is 3.68. The standard InChI is InChI=1S/C21H30N4O4S/c1-5-28-20(27)16-8-10-24(11-9-16)19(26)15(4)30-21-23-22-18(17-7-6-12-29-17)25(21)13-14(2)3/h6-7,12,14-16H,5,8-11,13H2,1-4H3. The van der Waals surface area contributed by atoms with E-state index < -0.39 is 0 Å². The number of hydrogen-bond acceptors (Lipinski definition) is 7. The fourth-order valence-corrected chi connectivity index (χ4v) is 4.50. The summed E-state index contributed by atoms with van der Waals surface area (Å²) < 4.78 is 12.6. The quantitative estimate of drug-likeness (QED) is 0.464. The smallest absolute Gasteiger partial charge is 0.309 e. The Morgan fingerprint density at radius 1 is 1.27 bits per heavy atom. The van der Waals surface area contributed by atoms with Crippen molar-refractivity contribution in [3.05, 3.63) is 18.4 Å². The summed E-state index contributed by atoms with van der Waals surface area (Å²) in [5, 5.41) is 9.04. The zero-order valence-electron chi connectivity index (χ0n) is 18.0. The van der Waals surface area contributed by atoms with Gasteiger partial charge < -0.3 is 14.1 Å². The molecule has 3 heterocycles. The van der Waals surface area contributed by atoms with E-state index in [1.54, 1.807) is 6.26 Å². The van der Waals surface area contributed by atoms with Gasteiger partial charge in [0, 0.05) is 19.6 Å². The Labute approximate surface area is 181 Å². The van der Waals surface area contributed by atoms with Crippen LogP contribution in [-0.2, 0) is 20.9 Å². The van der Waals surface area contributed by atoms with Gasteiger partial charge >= 0.3 is 5.97 Å². The number of nitrogens with zero attached hydrogens (tertiary/aromatic N) is 4. The van der Waals surface area contributed by atoms with Crippen molar-refractivity contribution in [2.24, 2.45) is 11.8 Å². The first-order valence-corrected chi connectivity index (χ1v) is 11.4. The molecule has 2 aromatic rings. The van der Waals surface area contributed by atoms with Gasteiger partial charge in [0.05, 0.1) is 24.0 Å². The van der Waals surface area contributed by atoms with Gasteiger partial charge in [-0.3, -0.25) is 14.2 Å². The van der Waals surface area contributed by atoms with Crippen LogP contribution >= 0.6 is 11.8 Å². The Balaban J connectivity index is 1.65. The van der Waals surface area contributed by atoms with Gasteiger partial charge in [0.25, 0.3) is 0 Å². The molecule has 1 amide bonds. The maximum absolute atomic E-state index is 13.0. The van der Waals surface area contributed by atoms with E-state index in [9.17, 15) is 9.59 Å². The molecular formula is C21H30N4O4S. The van der Waals surface area contributed by atoms with Gasteiger partial charge in [-0.2, -0.15) is 0 Å². The highest BCUT2D eigenvalue weighted by molar-refractivity contribution is 8.00. The number of carbonyl (C=O) groups is 2. The number of esters is 1. The summed E-state index contributed by atoms with van der Waals surface area (Å²) in [6.07, 6.45) is 2.91. The molecule has 0 aromatic carbocycles. The molecule has 1 aliphatic heterocycles. The molecule has 1 fully saturated rings. The lowest BCUT2D eigenvalue weighted by Gasteiger charge is -2.32. The third-order valence-electron chi connectivity index (χ3n) is 5.06.